The minimum absolute atomic E-state index is 0.0357. The molecule has 0 bridgehead atoms. The Bertz CT molecular complexity index is 397. The normalized spacial score (nSPS) is 16.4. The Morgan fingerprint density at radius 1 is 1.39 bits per heavy atom. The lowest BCUT2D eigenvalue weighted by Crippen LogP contribution is -2.13. The van der Waals surface area contributed by atoms with Crippen molar-refractivity contribution in [3.8, 4) is 0 Å². The molecule has 1 aromatic heterocycles. The van der Waals surface area contributed by atoms with E-state index in [0.717, 1.165) is 17.3 Å². The van der Waals surface area contributed by atoms with Gasteiger partial charge in [0, 0.05) is 12.8 Å². The fourth-order valence-corrected chi connectivity index (χ4v) is 3.26. The van der Waals surface area contributed by atoms with Crippen LogP contribution < -0.4 is 5.32 Å². The lowest BCUT2D eigenvalue weighted by Gasteiger charge is -2.04. The van der Waals surface area contributed by atoms with E-state index in [4.69, 9.17) is 0 Å². The van der Waals surface area contributed by atoms with Crippen LogP contribution in [0.5, 0.6) is 0 Å². The van der Waals surface area contributed by atoms with Gasteiger partial charge >= 0.3 is 0 Å². The van der Waals surface area contributed by atoms with E-state index >= 15 is 0 Å². The van der Waals surface area contributed by atoms with Crippen molar-refractivity contribution in [3.05, 3.63) is 5.01 Å². The summed E-state index contributed by atoms with van der Waals surface area (Å²) < 4.78 is 0. The first kappa shape index (κ1) is 13.5. The van der Waals surface area contributed by atoms with Crippen molar-refractivity contribution in [2.45, 2.75) is 52.4 Å². The average Bonchev–Trinajstić information content (AvgIpc) is 2.89. The predicted octanol–water partition coefficient (Wildman–Crippen LogP) is 3.26. The SMILES string of the molecule is CC(C)CC(=O)Nc1nnc(CC2CCCC2)s1. The number of aromatic nitrogens is 2. The van der Waals surface area contributed by atoms with Gasteiger partial charge in [-0.05, 0) is 11.8 Å². The third-order valence-corrected chi connectivity index (χ3v) is 4.11. The summed E-state index contributed by atoms with van der Waals surface area (Å²) in [6.07, 6.45) is 6.89. The van der Waals surface area contributed by atoms with Crippen molar-refractivity contribution in [2.75, 3.05) is 5.32 Å². The highest BCUT2D eigenvalue weighted by Gasteiger charge is 2.18. The van der Waals surface area contributed by atoms with Crippen molar-refractivity contribution < 1.29 is 4.79 Å². The molecule has 0 aromatic carbocycles. The molecule has 1 N–H and O–H groups in total. The minimum Gasteiger partial charge on any atom is -0.301 e. The van der Waals surface area contributed by atoms with Gasteiger partial charge in [-0.2, -0.15) is 0 Å². The molecule has 0 spiro atoms. The van der Waals surface area contributed by atoms with Crippen LogP contribution in [0, 0.1) is 11.8 Å². The van der Waals surface area contributed by atoms with Crippen LogP contribution in [0.1, 0.15) is 51.0 Å². The monoisotopic (exact) mass is 267 g/mol. The zero-order chi connectivity index (χ0) is 13.0. The molecule has 100 valence electrons. The molecule has 1 saturated carbocycles. The highest BCUT2D eigenvalue weighted by Crippen LogP contribution is 2.29. The first-order chi connectivity index (χ1) is 8.63. The van der Waals surface area contributed by atoms with Gasteiger partial charge in [-0.15, -0.1) is 10.2 Å². The van der Waals surface area contributed by atoms with Crippen LogP contribution in [0.2, 0.25) is 0 Å². The van der Waals surface area contributed by atoms with E-state index < -0.39 is 0 Å². The van der Waals surface area contributed by atoms with E-state index in [-0.39, 0.29) is 5.91 Å². The molecule has 4 nitrogen and oxygen atoms in total. The van der Waals surface area contributed by atoms with Crippen LogP contribution in [-0.2, 0) is 11.2 Å². The molecule has 0 aliphatic heterocycles. The van der Waals surface area contributed by atoms with Crippen LogP contribution in [0.4, 0.5) is 5.13 Å². The van der Waals surface area contributed by atoms with Crippen molar-refractivity contribution in [2.24, 2.45) is 11.8 Å². The second-order valence-electron chi connectivity index (χ2n) is 5.50. The number of nitrogens with zero attached hydrogens (tertiary/aromatic N) is 2. The molecule has 5 heteroatoms. The smallest absolute Gasteiger partial charge is 0.226 e. The number of hydrogen-bond acceptors (Lipinski definition) is 4. The maximum absolute atomic E-state index is 11.6. The van der Waals surface area contributed by atoms with Crippen molar-refractivity contribution >= 4 is 22.4 Å². The van der Waals surface area contributed by atoms with E-state index in [1.54, 1.807) is 0 Å². The fraction of sp³-hybridized carbons (Fsp3) is 0.769. The second kappa shape index (κ2) is 6.27. The Labute approximate surface area is 112 Å². The summed E-state index contributed by atoms with van der Waals surface area (Å²) in [6.45, 7) is 4.07. The highest BCUT2D eigenvalue weighted by molar-refractivity contribution is 7.15. The molecular formula is C13H21N3OS. The van der Waals surface area contributed by atoms with Crippen LogP contribution in [0.3, 0.4) is 0 Å². The minimum atomic E-state index is 0.0357. The number of carbonyl (C=O) groups excluding carboxylic acids is 1. The zero-order valence-electron chi connectivity index (χ0n) is 11.1. The van der Waals surface area contributed by atoms with E-state index in [2.05, 4.69) is 15.5 Å². The quantitative estimate of drug-likeness (QED) is 0.891. The molecular weight excluding hydrogens is 246 g/mol. The molecule has 1 aliphatic rings. The zero-order valence-corrected chi connectivity index (χ0v) is 11.9. The highest BCUT2D eigenvalue weighted by atomic mass is 32.1. The first-order valence-corrected chi connectivity index (χ1v) is 7.57. The maximum atomic E-state index is 11.6. The molecule has 2 rings (SSSR count). The molecule has 0 radical (unpaired) electrons. The lowest BCUT2D eigenvalue weighted by molar-refractivity contribution is -0.116. The van der Waals surface area contributed by atoms with Gasteiger partial charge in [0.2, 0.25) is 11.0 Å². The van der Waals surface area contributed by atoms with Crippen molar-refractivity contribution in [1.29, 1.82) is 0 Å². The molecule has 0 atom stereocenters. The maximum Gasteiger partial charge on any atom is 0.226 e. The van der Waals surface area contributed by atoms with Crippen LogP contribution in [0.15, 0.2) is 0 Å². The van der Waals surface area contributed by atoms with Gasteiger partial charge in [-0.3, -0.25) is 4.79 Å². The largest absolute Gasteiger partial charge is 0.301 e. The summed E-state index contributed by atoms with van der Waals surface area (Å²) in [6, 6.07) is 0. The number of rotatable bonds is 5. The number of anilines is 1. The molecule has 1 aliphatic carbocycles. The number of hydrogen-bond donors (Lipinski definition) is 1. The standard InChI is InChI=1S/C13H21N3OS/c1-9(2)7-11(17)14-13-16-15-12(18-13)8-10-5-3-4-6-10/h9-10H,3-8H2,1-2H3,(H,14,16,17). The van der Waals surface area contributed by atoms with E-state index in [1.807, 2.05) is 13.8 Å². The van der Waals surface area contributed by atoms with Gasteiger partial charge in [0.15, 0.2) is 0 Å². The lowest BCUT2D eigenvalue weighted by atomic mass is 10.1. The van der Waals surface area contributed by atoms with Gasteiger partial charge < -0.3 is 5.32 Å². The molecule has 18 heavy (non-hydrogen) atoms. The Balaban J connectivity index is 1.83. The van der Waals surface area contributed by atoms with E-state index in [1.165, 1.54) is 37.0 Å². The first-order valence-electron chi connectivity index (χ1n) is 6.75. The van der Waals surface area contributed by atoms with Crippen LogP contribution >= 0.6 is 11.3 Å². The Kier molecular flexibility index (Phi) is 4.69. The molecule has 1 amide bonds. The van der Waals surface area contributed by atoms with Crippen molar-refractivity contribution in [1.82, 2.24) is 10.2 Å². The van der Waals surface area contributed by atoms with Crippen molar-refractivity contribution in [3.63, 3.8) is 0 Å². The topological polar surface area (TPSA) is 54.9 Å². The fourth-order valence-electron chi connectivity index (χ4n) is 2.39. The Hall–Kier alpha value is -0.970. The molecule has 0 saturated heterocycles. The van der Waals surface area contributed by atoms with Gasteiger partial charge in [-0.25, -0.2) is 0 Å². The third-order valence-electron chi connectivity index (χ3n) is 3.24. The molecule has 0 unspecified atom stereocenters. The van der Waals surface area contributed by atoms with Gasteiger partial charge in [-0.1, -0.05) is 50.9 Å². The Morgan fingerprint density at radius 2 is 2.11 bits per heavy atom. The number of amides is 1. The summed E-state index contributed by atoms with van der Waals surface area (Å²) >= 11 is 1.52. The van der Waals surface area contributed by atoms with Gasteiger partial charge in [0.1, 0.15) is 5.01 Å². The van der Waals surface area contributed by atoms with Gasteiger partial charge in [0.05, 0.1) is 0 Å². The Morgan fingerprint density at radius 3 is 2.78 bits per heavy atom. The second-order valence-corrected chi connectivity index (χ2v) is 6.56. The number of carbonyl (C=O) groups is 1. The predicted molar refractivity (Wildman–Crippen MR) is 73.7 cm³/mol. The van der Waals surface area contributed by atoms with Crippen LogP contribution in [-0.4, -0.2) is 16.1 Å². The summed E-state index contributed by atoms with van der Waals surface area (Å²) in [5.41, 5.74) is 0. The number of nitrogens with one attached hydrogen (secondary N) is 1. The van der Waals surface area contributed by atoms with Gasteiger partial charge in [0.25, 0.3) is 0 Å². The summed E-state index contributed by atoms with van der Waals surface area (Å²) in [7, 11) is 0. The van der Waals surface area contributed by atoms with Crippen LogP contribution in [0.25, 0.3) is 0 Å². The summed E-state index contributed by atoms with van der Waals surface area (Å²) in [5.74, 6) is 1.18. The summed E-state index contributed by atoms with van der Waals surface area (Å²) in [4.78, 5) is 11.6. The molecule has 1 heterocycles. The average molecular weight is 267 g/mol. The summed E-state index contributed by atoms with van der Waals surface area (Å²) in [5, 5.41) is 12.7. The third kappa shape index (κ3) is 4.05. The molecule has 1 aromatic rings. The van der Waals surface area contributed by atoms with E-state index in [9.17, 15) is 4.79 Å². The van der Waals surface area contributed by atoms with E-state index in [0.29, 0.717) is 17.5 Å². The molecule has 1 fully saturated rings.